The van der Waals surface area contributed by atoms with Gasteiger partial charge in [-0.05, 0) is 0 Å². The van der Waals surface area contributed by atoms with Gasteiger partial charge < -0.3 is 83.9 Å². The summed E-state index contributed by atoms with van der Waals surface area (Å²) in [5.41, 5.74) is 11.7. The predicted molar refractivity (Wildman–Crippen MR) is 177 cm³/mol. The summed E-state index contributed by atoms with van der Waals surface area (Å²) in [5.74, 6) is -0.0609. The van der Waals surface area contributed by atoms with E-state index in [0.29, 0.717) is 0 Å². The monoisotopic (exact) mass is 887 g/mol. The standard InChI is InChI=1S/C20H28N10O19P4.3H3N/c21-15-9-17(25-3-23-15)29(5-27-9)19-13(33)11(31)7(45-19)1-43-50(35,36)47-52(39,40)49-53(41,42)48-51(37,38)44-2-8-12(32)14(34)20(46-8)30-6-28-10-16(22)24-4-26-18(10)30;;;/h3-8,11-14,19-20,31-34H,1-2H2,(H,35,36)(H,37,38)(H,39,40)(H,41,42)(H2,21,23,25)(H2,22,24,26);3*1H3/t7-,8+,11?,12?,13-,14+,19-,20+;;;. The van der Waals surface area contributed by atoms with E-state index in [1.807, 2.05) is 0 Å². The average Bonchev–Trinajstić information content (AvgIpc) is 3.80. The van der Waals surface area contributed by atoms with Crippen LogP contribution in [-0.4, -0.2) is 114 Å². The van der Waals surface area contributed by atoms with E-state index in [1.54, 1.807) is 0 Å². The molecule has 4 aromatic heterocycles. The fourth-order valence-corrected chi connectivity index (χ4v) is 9.87. The number of aliphatic hydroxyl groups excluding tert-OH is 4. The molecule has 316 valence electrons. The molecule has 12 atom stereocenters. The van der Waals surface area contributed by atoms with Gasteiger partial charge in [0.15, 0.2) is 35.4 Å². The zero-order valence-corrected chi connectivity index (χ0v) is 32.4. The number of aromatic nitrogens is 8. The van der Waals surface area contributed by atoms with Gasteiger partial charge in [0.25, 0.3) is 23.5 Å². The van der Waals surface area contributed by atoms with E-state index in [-0.39, 0.29) is 52.4 Å². The van der Waals surface area contributed by atoms with Crippen molar-refractivity contribution in [3.63, 3.8) is 0 Å². The van der Waals surface area contributed by atoms with Crippen LogP contribution in [0.3, 0.4) is 0 Å². The van der Waals surface area contributed by atoms with E-state index in [4.69, 9.17) is 20.9 Å². The second-order valence-electron chi connectivity index (χ2n) is 10.9. The van der Waals surface area contributed by atoms with Gasteiger partial charge in [0.05, 0.1) is 25.9 Å². The summed E-state index contributed by atoms with van der Waals surface area (Å²) < 4.78 is 81.8. The third kappa shape index (κ3) is 9.94. The molecule has 0 saturated carbocycles. The molecular weight excluding hydrogens is 850 g/mol. The molecule has 2 fully saturated rings. The summed E-state index contributed by atoms with van der Waals surface area (Å²) in [4.78, 5) is 69.7. The van der Waals surface area contributed by atoms with Gasteiger partial charge >= 0.3 is 7.82 Å². The lowest BCUT2D eigenvalue weighted by molar-refractivity contribution is -0.249. The second kappa shape index (κ2) is 17.4. The normalized spacial score (nSPS) is 29.3. The average molecular weight is 887 g/mol. The van der Waals surface area contributed by atoms with Crippen LogP contribution in [0.1, 0.15) is 12.5 Å². The molecule has 0 radical (unpaired) electrons. The number of quaternary nitrogens is 3. The van der Waals surface area contributed by atoms with Crippen molar-refractivity contribution in [2.75, 3.05) is 24.7 Å². The molecule has 36 heteroatoms. The van der Waals surface area contributed by atoms with Crippen molar-refractivity contribution in [3.8, 4) is 0 Å². The number of phosphoric ester groups is 2. The lowest BCUT2D eigenvalue weighted by atomic mass is 10.1. The number of phosphoric acid groups is 4. The van der Waals surface area contributed by atoms with E-state index in [2.05, 4.69) is 51.9 Å². The fraction of sp³-hybridized carbons (Fsp3) is 0.500. The first kappa shape index (κ1) is 47.3. The molecule has 6 heterocycles. The number of anilines is 2. The maximum atomic E-state index is 12.3. The molecule has 2 aliphatic rings. The van der Waals surface area contributed by atoms with Gasteiger partial charge in [-0.15, -0.1) is 0 Å². The lowest BCUT2D eigenvalue weighted by Crippen LogP contribution is -2.34. The Balaban J connectivity index is 0.00000280. The van der Waals surface area contributed by atoms with E-state index >= 15 is 0 Å². The molecule has 32 nitrogen and oxygen atoms in total. The highest BCUT2D eigenvalue weighted by Gasteiger charge is 2.47. The Labute approximate surface area is 311 Å². The fourth-order valence-electron chi connectivity index (χ4n) is 5.09. The number of ether oxygens (including phenoxy) is 2. The van der Waals surface area contributed by atoms with Gasteiger partial charge in [-0.25, -0.2) is 47.4 Å². The highest BCUT2D eigenvalue weighted by Crippen LogP contribution is 2.67. The zero-order chi connectivity index (χ0) is 38.7. The number of hydrogen-bond acceptors (Lipinski definition) is 26. The maximum absolute atomic E-state index is 12.3. The zero-order valence-electron chi connectivity index (χ0n) is 28.8. The van der Waals surface area contributed by atoms with Crippen LogP contribution in [0.2, 0.25) is 0 Å². The third-order valence-electron chi connectivity index (χ3n) is 7.40. The molecule has 0 bridgehead atoms. The molecular formula is C20H37N13O19P4. The summed E-state index contributed by atoms with van der Waals surface area (Å²) in [6.45, 7) is -2.38. The van der Waals surface area contributed by atoms with Gasteiger partial charge in [-0.2, -0.15) is 0 Å². The number of rotatable bonds is 14. The number of nitrogens with zero attached hydrogens (tertiary/aromatic N) is 8. The largest absolute Gasteiger partial charge is 0.756 e. The minimum absolute atomic E-state index is 0. The minimum Gasteiger partial charge on any atom is -0.756 e. The van der Waals surface area contributed by atoms with Crippen LogP contribution in [0.5, 0.6) is 0 Å². The maximum Gasteiger partial charge on any atom is 0.478 e. The van der Waals surface area contributed by atoms with Crippen molar-refractivity contribution in [1.82, 2.24) is 57.5 Å². The number of hydrogen-bond donors (Lipinski definition) is 10. The van der Waals surface area contributed by atoms with E-state index < -0.39 is 93.6 Å². The van der Waals surface area contributed by atoms with Crippen molar-refractivity contribution in [2.45, 2.75) is 49.1 Å². The molecule has 21 N–H and O–H groups in total. The predicted octanol–water partition coefficient (Wildman–Crippen LogP) is -3.21. The molecule has 0 aliphatic carbocycles. The third-order valence-corrected chi connectivity index (χ3v) is 13.2. The minimum atomic E-state index is -6.57. The summed E-state index contributed by atoms with van der Waals surface area (Å²) in [6, 6.07) is 0. The van der Waals surface area contributed by atoms with E-state index in [9.17, 15) is 58.3 Å². The Bertz CT molecular complexity index is 2050. The summed E-state index contributed by atoms with van der Waals surface area (Å²) in [7, 11) is -25.1. The first-order chi connectivity index (χ1) is 24.7. The summed E-state index contributed by atoms with van der Waals surface area (Å²) in [5, 5.41) is 41.7. The Hall–Kier alpha value is -3.10. The molecule has 0 aromatic carbocycles. The van der Waals surface area contributed by atoms with Crippen molar-refractivity contribution >= 4 is 65.3 Å². The molecule has 6 rings (SSSR count). The van der Waals surface area contributed by atoms with Crippen molar-refractivity contribution in [1.29, 1.82) is 0 Å². The lowest BCUT2D eigenvalue weighted by Gasteiger charge is -2.34. The summed E-state index contributed by atoms with van der Waals surface area (Å²) >= 11 is 0. The van der Waals surface area contributed by atoms with E-state index in [0.717, 1.165) is 34.4 Å². The van der Waals surface area contributed by atoms with Crippen LogP contribution in [0, 0.1) is 0 Å². The number of nitrogens with two attached hydrogens (primary N) is 2. The van der Waals surface area contributed by atoms with Gasteiger partial charge in [0.1, 0.15) is 60.3 Å². The Morgan fingerprint density at radius 3 is 1.46 bits per heavy atom. The molecule has 2 saturated heterocycles. The topological polar surface area (TPSA) is 552 Å². The highest BCUT2D eigenvalue weighted by molar-refractivity contribution is 7.68. The molecule has 0 amide bonds. The van der Waals surface area contributed by atoms with Gasteiger partial charge in [0, 0.05) is 0 Å². The first-order valence-corrected chi connectivity index (χ1v) is 20.1. The van der Waals surface area contributed by atoms with Gasteiger partial charge in [-0.3, -0.25) is 27.4 Å². The molecule has 2 aliphatic heterocycles. The Morgan fingerprint density at radius 2 is 1.02 bits per heavy atom. The van der Waals surface area contributed by atoms with Crippen LogP contribution in [0.25, 0.3) is 22.3 Å². The van der Waals surface area contributed by atoms with Crippen molar-refractivity contribution in [2.24, 2.45) is 0 Å². The van der Waals surface area contributed by atoms with Crippen LogP contribution in [0.4, 0.5) is 11.6 Å². The number of fused-ring (bicyclic) bond motifs is 2. The van der Waals surface area contributed by atoms with Crippen molar-refractivity contribution < 1.29 is 89.7 Å². The molecule has 56 heavy (non-hydrogen) atoms. The van der Waals surface area contributed by atoms with Crippen LogP contribution >= 0.6 is 31.3 Å². The molecule has 0 spiro atoms. The molecule has 6 unspecified atom stereocenters. The van der Waals surface area contributed by atoms with Crippen LogP contribution in [-0.2, 0) is 49.7 Å². The Kier molecular flexibility index (Phi) is 14.7. The first-order valence-electron chi connectivity index (χ1n) is 14.3. The smallest absolute Gasteiger partial charge is 0.478 e. The van der Waals surface area contributed by atoms with Gasteiger partial charge in [-0.1, -0.05) is 0 Å². The Morgan fingerprint density at radius 1 is 0.625 bits per heavy atom. The molecule has 4 aromatic rings. The second-order valence-corrected chi connectivity index (χ2v) is 17.0. The van der Waals surface area contributed by atoms with Crippen LogP contribution < -0.4 is 44.6 Å². The van der Waals surface area contributed by atoms with Gasteiger partial charge in [0.2, 0.25) is 0 Å². The highest BCUT2D eigenvalue weighted by atomic mass is 31.3. The number of imidazole rings is 2. The number of nitrogen functional groups attached to an aromatic ring is 2. The van der Waals surface area contributed by atoms with Crippen LogP contribution in [0.15, 0.2) is 25.3 Å². The summed E-state index contributed by atoms with van der Waals surface area (Å²) in [6.07, 6.45) is -8.99. The SMILES string of the molecule is Nc1ncnc2c1ncn2[C@@H]1O[C@H](COP(=O)([O-])OP(=O)([O-])OP(=O)([O-])OP(=O)(O)OC[C@@H]2O[C@H](n3cnc4c(N)ncnc43)[C@@H](O)C2O)C(O)[C@H]1O.[NH4+].[NH4+].[NH4+]. The number of aliphatic hydroxyl groups is 4. The quantitative estimate of drug-likeness (QED) is 0.0557. The van der Waals surface area contributed by atoms with Crippen molar-refractivity contribution in [3.05, 3.63) is 25.3 Å². The van der Waals surface area contributed by atoms with E-state index in [1.165, 1.54) is 0 Å².